The number of nitriles is 1. The van der Waals surface area contributed by atoms with Gasteiger partial charge < -0.3 is 9.67 Å². The first-order chi connectivity index (χ1) is 8.61. The van der Waals surface area contributed by atoms with E-state index in [1.54, 1.807) is 28.8 Å². The van der Waals surface area contributed by atoms with Gasteiger partial charge in [-0.05, 0) is 36.8 Å². The van der Waals surface area contributed by atoms with Crippen LogP contribution in [0.3, 0.4) is 0 Å². The summed E-state index contributed by atoms with van der Waals surface area (Å²) in [4.78, 5) is 11.1. The van der Waals surface area contributed by atoms with E-state index in [-0.39, 0.29) is 5.69 Å². The molecule has 1 N–H and O–H groups in total. The van der Waals surface area contributed by atoms with Gasteiger partial charge in [0.2, 0.25) is 0 Å². The van der Waals surface area contributed by atoms with Crippen LogP contribution in [0.25, 0.3) is 0 Å². The molecule has 0 saturated carbocycles. The van der Waals surface area contributed by atoms with Gasteiger partial charge in [0.1, 0.15) is 5.69 Å². The fourth-order valence-corrected chi connectivity index (χ4v) is 1.83. The van der Waals surface area contributed by atoms with E-state index in [1.807, 2.05) is 19.1 Å². The summed E-state index contributed by atoms with van der Waals surface area (Å²) in [5.74, 6) is -0.934. The van der Waals surface area contributed by atoms with Crippen molar-refractivity contribution in [2.75, 3.05) is 0 Å². The molecule has 18 heavy (non-hydrogen) atoms. The van der Waals surface area contributed by atoms with Gasteiger partial charge in [-0.1, -0.05) is 12.1 Å². The molecule has 0 aliphatic carbocycles. The highest BCUT2D eigenvalue weighted by molar-refractivity contribution is 5.86. The Kier molecular flexibility index (Phi) is 3.16. The largest absolute Gasteiger partial charge is 0.477 e. The normalized spacial score (nSPS) is 10.0. The molecule has 0 saturated heterocycles. The SMILES string of the molecule is Cc1ccc(C(=O)O)n1Cc1ccc(C#N)cc1. The predicted molar refractivity (Wildman–Crippen MR) is 66.4 cm³/mol. The Hall–Kier alpha value is -2.54. The summed E-state index contributed by atoms with van der Waals surface area (Å²) in [5.41, 5.74) is 2.74. The van der Waals surface area contributed by atoms with Crippen molar-refractivity contribution >= 4 is 5.97 Å². The number of hydrogen-bond acceptors (Lipinski definition) is 2. The van der Waals surface area contributed by atoms with Crippen molar-refractivity contribution in [2.45, 2.75) is 13.5 Å². The quantitative estimate of drug-likeness (QED) is 0.895. The molecular formula is C14H12N2O2. The number of nitrogens with zero attached hydrogens (tertiary/aromatic N) is 2. The van der Waals surface area contributed by atoms with E-state index in [1.165, 1.54) is 0 Å². The van der Waals surface area contributed by atoms with Crippen LogP contribution in [0.4, 0.5) is 0 Å². The maximum absolute atomic E-state index is 11.1. The van der Waals surface area contributed by atoms with Gasteiger partial charge in [0, 0.05) is 12.2 Å². The van der Waals surface area contributed by atoms with Gasteiger partial charge in [0.05, 0.1) is 11.6 Å². The average Bonchev–Trinajstić information content (AvgIpc) is 2.72. The minimum absolute atomic E-state index is 0.275. The molecule has 1 aromatic heterocycles. The molecular weight excluding hydrogens is 228 g/mol. The van der Waals surface area contributed by atoms with E-state index in [9.17, 15) is 4.79 Å². The Balaban J connectivity index is 2.31. The molecule has 4 nitrogen and oxygen atoms in total. The summed E-state index contributed by atoms with van der Waals surface area (Å²) in [6.45, 7) is 2.36. The maximum atomic E-state index is 11.1. The first kappa shape index (κ1) is 11.9. The van der Waals surface area contributed by atoms with Crippen LogP contribution in [0.15, 0.2) is 36.4 Å². The van der Waals surface area contributed by atoms with Crippen LogP contribution in [-0.2, 0) is 6.54 Å². The molecule has 2 rings (SSSR count). The van der Waals surface area contributed by atoms with Crippen LogP contribution >= 0.6 is 0 Å². The molecule has 0 bridgehead atoms. The Morgan fingerprint density at radius 2 is 1.94 bits per heavy atom. The Bertz CT molecular complexity index is 618. The average molecular weight is 240 g/mol. The van der Waals surface area contributed by atoms with Crippen molar-refractivity contribution in [2.24, 2.45) is 0 Å². The van der Waals surface area contributed by atoms with E-state index >= 15 is 0 Å². The number of carbonyl (C=O) groups is 1. The lowest BCUT2D eigenvalue weighted by Gasteiger charge is -2.09. The molecule has 1 heterocycles. The van der Waals surface area contributed by atoms with Crippen molar-refractivity contribution in [3.8, 4) is 6.07 Å². The molecule has 0 amide bonds. The monoisotopic (exact) mass is 240 g/mol. The van der Waals surface area contributed by atoms with E-state index in [4.69, 9.17) is 10.4 Å². The van der Waals surface area contributed by atoms with Gasteiger partial charge in [-0.25, -0.2) is 4.79 Å². The summed E-state index contributed by atoms with van der Waals surface area (Å²) >= 11 is 0. The zero-order valence-corrected chi connectivity index (χ0v) is 9.92. The first-order valence-corrected chi connectivity index (χ1v) is 5.50. The molecule has 1 aromatic carbocycles. The number of aryl methyl sites for hydroxylation is 1. The third kappa shape index (κ3) is 2.25. The second kappa shape index (κ2) is 4.76. The summed E-state index contributed by atoms with van der Waals surface area (Å²) in [7, 11) is 0. The number of carboxylic acid groups (broad SMARTS) is 1. The minimum Gasteiger partial charge on any atom is -0.477 e. The molecule has 4 heteroatoms. The number of carboxylic acids is 1. The van der Waals surface area contributed by atoms with Crippen LogP contribution in [0.1, 0.15) is 27.3 Å². The lowest BCUT2D eigenvalue weighted by Crippen LogP contribution is -2.10. The molecule has 2 aromatic rings. The van der Waals surface area contributed by atoms with Crippen LogP contribution in [0, 0.1) is 18.3 Å². The highest BCUT2D eigenvalue weighted by atomic mass is 16.4. The number of hydrogen-bond donors (Lipinski definition) is 1. The lowest BCUT2D eigenvalue weighted by atomic mass is 10.1. The zero-order valence-electron chi connectivity index (χ0n) is 9.92. The zero-order chi connectivity index (χ0) is 13.1. The van der Waals surface area contributed by atoms with Gasteiger partial charge in [-0.2, -0.15) is 5.26 Å². The summed E-state index contributed by atoms with van der Waals surface area (Å²) in [6, 6.07) is 12.6. The molecule has 0 atom stereocenters. The summed E-state index contributed by atoms with van der Waals surface area (Å²) in [5, 5.41) is 17.8. The van der Waals surface area contributed by atoms with Crippen molar-refractivity contribution in [1.82, 2.24) is 4.57 Å². The van der Waals surface area contributed by atoms with E-state index in [2.05, 4.69) is 6.07 Å². The molecule has 0 aliphatic heterocycles. The molecule has 0 radical (unpaired) electrons. The van der Waals surface area contributed by atoms with Crippen LogP contribution in [0.5, 0.6) is 0 Å². The fraction of sp³-hybridized carbons (Fsp3) is 0.143. The second-order valence-electron chi connectivity index (χ2n) is 4.06. The Morgan fingerprint density at radius 3 is 2.50 bits per heavy atom. The molecule has 0 unspecified atom stereocenters. The van der Waals surface area contributed by atoms with E-state index < -0.39 is 5.97 Å². The molecule has 0 fully saturated rings. The number of rotatable bonds is 3. The molecule has 90 valence electrons. The topological polar surface area (TPSA) is 66.0 Å². The van der Waals surface area contributed by atoms with E-state index in [0.717, 1.165) is 11.3 Å². The van der Waals surface area contributed by atoms with Gasteiger partial charge >= 0.3 is 5.97 Å². The number of aromatic nitrogens is 1. The number of benzene rings is 1. The minimum atomic E-state index is -0.934. The number of aromatic carboxylic acids is 1. The Morgan fingerprint density at radius 1 is 1.28 bits per heavy atom. The Labute approximate surface area is 105 Å². The van der Waals surface area contributed by atoms with Crippen molar-refractivity contribution in [3.63, 3.8) is 0 Å². The fourth-order valence-electron chi connectivity index (χ4n) is 1.83. The molecule has 0 aliphatic rings. The van der Waals surface area contributed by atoms with Crippen LogP contribution < -0.4 is 0 Å². The van der Waals surface area contributed by atoms with Crippen molar-refractivity contribution in [1.29, 1.82) is 5.26 Å². The van der Waals surface area contributed by atoms with Gasteiger partial charge in [-0.15, -0.1) is 0 Å². The first-order valence-electron chi connectivity index (χ1n) is 5.50. The summed E-state index contributed by atoms with van der Waals surface area (Å²) < 4.78 is 1.74. The third-order valence-electron chi connectivity index (χ3n) is 2.84. The van der Waals surface area contributed by atoms with Crippen LogP contribution in [-0.4, -0.2) is 15.6 Å². The predicted octanol–water partition coefficient (Wildman–Crippen LogP) is 2.41. The van der Waals surface area contributed by atoms with Crippen molar-refractivity contribution in [3.05, 3.63) is 58.9 Å². The van der Waals surface area contributed by atoms with Crippen LogP contribution in [0.2, 0.25) is 0 Å². The maximum Gasteiger partial charge on any atom is 0.352 e. The van der Waals surface area contributed by atoms with Gasteiger partial charge in [0.25, 0.3) is 0 Å². The van der Waals surface area contributed by atoms with E-state index in [0.29, 0.717) is 12.1 Å². The second-order valence-corrected chi connectivity index (χ2v) is 4.06. The highest BCUT2D eigenvalue weighted by Gasteiger charge is 2.11. The highest BCUT2D eigenvalue weighted by Crippen LogP contribution is 2.13. The smallest absolute Gasteiger partial charge is 0.352 e. The standard InChI is InChI=1S/C14H12N2O2/c1-10-2-7-13(14(17)18)16(10)9-12-5-3-11(8-15)4-6-12/h2-7H,9H2,1H3,(H,17,18). The lowest BCUT2D eigenvalue weighted by molar-refractivity contribution is 0.0685. The van der Waals surface area contributed by atoms with Gasteiger partial charge in [0.15, 0.2) is 0 Å². The molecule has 0 spiro atoms. The third-order valence-corrected chi connectivity index (χ3v) is 2.84. The summed E-state index contributed by atoms with van der Waals surface area (Å²) in [6.07, 6.45) is 0. The van der Waals surface area contributed by atoms with Gasteiger partial charge in [-0.3, -0.25) is 0 Å². The van der Waals surface area contributed by atoms with Crippen molar-refractivity contribution < 1.29 is 9.90 Å².